The quantitative estimate of drug-likeness (QED) is 0.511. The highest BCUT2D eigenvalue weighted by Crippen LogP contribution is 2.30. The molecule has 2 unspecified atom stereocenters. The summed E-state index contributed by atoms with van der Waals surface area (Å²) in [5, 5.41) is 7.98. The lowest BCUT2D eigenvalue weighted by Gasteiger charge is -2.31. The number of nitrogens with one attached hydrogen (secondary N) is 1. The highest BCUT2D eigenvalue weighted by molar-refractivity contribution is 7.97. The Kier molecular flexibility index (Phi) is 8.75. The van der Waals surface area contributed by atoms with Crippen molar-refractivity contribution in [1.29, 1.82) is 0 Å². The highest BCUT2D eigenvalue weighted by Gasteiger charge is 2.25. The molecule has 2 aliphatic rings. The average molecular weight is 536 g/mol. The monoisotopic (exact) mass is 535 g/mol. The molecule has 0 spiro atoms. The van der Waals surface area contributed by atoms with Crippen molar-refractivity contribution in [2.75, 3.05) is 43.9 Å². The van der Waals surface area contributed by atoms with Gasteiger partial charge in [0.05, 0.1) is 42.6 Å². The number of hydrogen-bond acceptors (Lipinski definition) is 9. The molecule has 2 atom stereocenters. The molecule has 9 nitrogen and oxygen atoms in total. The van der Waals surface area contributed by atoms with E-state index in [1.165, 1.54) is 35.1 Å². The fourth-order valence-corrected chi connectivity index (χ4v) is 5.93. The van der Waals surface area contributed by atoms with Crippen molar-refractivity contribution < 1.29 is 22.5 Å². The molecule has 14 heteroatoms. The van der Waals surface area contributed by atoms with Gasteiger partial charge in [0.1, 0.15) is 15.8 Å². The third-order valence-electron chi connectivity index (χ3n) is 5.49. The molecular formula is C20H24ClF2N5O4S2. The molecule has 0 saturated carbocycles. The van der Waals surface area contributed by atoms with E-state index < -0.39 is 17.4 Å². The molecule has 0 aliphatic carbocycles. The first-order valence-electron chi connectivity index (χ1n) is 10.7. The van der Waals surface area contributed by atoms with Gasteiger partial charge in [-0.1, -0.05) is 11.6 Å². The Morgan fingerprint density at radius 2 is 2.12 bits per heavy atom. The van der Waals surface area contributed by atoms with Crippen LogP contribution in [0.4, 0.5) is 14.5 Å². The number of halogens is 3. The van der Waals surface area contributed by atoms with Crippen LogP contribution in [0.25, 0.3) is 0 Å². The van der Waals surface area contributed by atoms with Gasteiger partial charge in [-0.15, -0.1) is 0 Å². The van der Waals surface area contributed by atoms with E-state index in [9.17, 15) is 17.8 Å². The number of aromatic nitrogens is 3. The molecule has 0 radical (unpaired) electrons. The molecule has 0 bridgehead atoms. The van der Waals surface area contributed by atoms with Crippen molar-refractivity contribution in [1.82, 2.24) is 19.1 Å². The third kappa shape index (κ3) is 6.45. The standard InChI is InChI=1S/C20H24ClF2N5O4S2/c21-18-16(24-10-15-12-31-7-8-34(15)30)11-26-28(19(18)29)13-3-5-27(6-4-13)33-17-2-1-14(9-25-17)32-20(22)23/h1-2,9,11,13,15,20,24H,3-8,10,12H2. The van der Waals surface area contributed by atoms with Crippen molar-refractivity contribution in [3.05, 3.63) is 39.9 Å². The number of nitrogens with zero attached hydrogens (tertiary/aromatic N) is 4. The van der Waals surface area contributed by atoms with E-state index in [2.05, 4.69) is 24.4 Å². The summed E-state index contributed by atoms with van der Waals surface area (Å²) in [5.41, 5.74) is 0.0545. The van der Waals surface area contributed by atoms with Crippen molar-refractivity contribution in [3.63, 3.8) is 0 Å². The molecule has 2 saturated heterocycles. The van der Waals surface area contributed by atoms with E-state index in [0.29, 0.717) is 62.2 Å². The lowest BCUT2D eigenvalue weighted by atomic mass is 10.1. The van der Waals surface area contributed by atoms with Crippen LogP contribution in [0.15, 0.2) is 34.3 Å². The van der Waals surface area contributed by atoms with Crippen LogP contribution in [0.2, 0.25) is 5.02 Å². The van der Waals surface area contributed by atoms with Crippen LogP contribution >= 0.6 is 23.5 Å². The fourth-order valence-electron chi connectivity index (χ4n) is 3.71. The molecule has 0 amide bonds. The predicted octanol–water partition coefficient (Wildman–Crippen LogP) is 2.80. The van der Waals surface area contributed by atoms with Crippen LogP contribution in [-0.4, -0.2) is 73.7 Å². The number of ether oxygens (including phenoxy) is 2. The topological polar surface area (TPSA) is 98.6 Å². The maximum atomic E-state index is 12.8. The summed E-state index contributed by atoms with van der Waals surface area (Å²) >= 11 is 7.75. The second-order valence-electron chi connectivity index (χ2n) is 7.75. The van der Waals surface area contributed by atoms with E-state index in [1.807, 2.05) is 0 Å². The largest absolute Gasteiger partial charge is 0.433 e. The van der Waals surface area contributed by atoms with Gasteiger partial charge in [0, 0.05) is 36.2 Å². The van der Waals surface area contributed by atoms with Crippen LogP contribution in [-0.2, 0) is 15.5 Å². The van der Waals surface area contributed by atoms with Crippen LogP contribution < -0.4 is 15.6 Å². The van der Waals surface area contributed by atoms with Crippen molar-refractivity contribution >= 4 is 40.0 Å². The summed E-state index contributed by atoms with van der Waals surface area (Å²) in [4.78, 5) is 17.0. The first-order chi connectivity index (χ1) is 16.4. The van der Waals surface area contributed by atoms with E-state index >= 15 is 0 Å². The summed E-state index contributed by atoms with van der Waals surface area (Å²) in [5.74, 6) is 0.518. The van der Waals surface area contributed by atoms with E-state index in [1.54, 1.807) is 6.07 Å². The summed E-state index contributed by atoms with van der Waals surface area (Å²) < 4.78 is 49.8. The minimum atomic E-state index is -2.88. The first-order valence-corrected chi connectivity index (χ1v) is 13.2. The summed E-state index contributed by atoms with van der Waals surface area (Å²) in [6.07, 6.45) is 4.17. The number of rotatable bonds is 8. The molecule has 2 fully saturated rings. The van der Waals surface area contributed by atoms with Gasteiger partial charge >= 0.3 is 6.61 Å². The van der Waals surface area contributed by atoms with E-state index in [-0.39, 0.29) is 27.6 Å². The van der Waals surface area contributed by atoms with Crippen molar-refractivity contribution in [2.24, 2.45) is 0 Å². The van der Waals surface area contributed by atoms with Gasteiger partial charge in [-0.05, 0) is 36.9 Å². The predicted molar refractivity (Wildman–Crippen MR) is 126 cm³/mol. The van der Waals surface area contributed by atoms with Gasteiger partial charge in [0.2, 0.25) is 0 Å². The Morgan fingerprint density at radius 1 is 1.32 bits per heavy atom. The summed E-state index contributed by atoms with van der Waals surface area (Å²) in [7, 11) is -0.976. The third-order valence-corrected chi connectivity index (χ3v) is 8.53. The molecule has 0 aromatic carbocycles. The minimum Gasteiger partial charge on any atom is -0.433 e. The smallest absolute Gasteiger partial charge is 0.387 e. The number of pyridine rings is 1. The minimum absolute atomic E-state index is 0.0126. The zero-order valence-corrected chi connectivity index (χ0v) is 20.5. The Balaban J connectivity index is 1.31. The van der Waals surface area contributed by atoms with Crippen LogP contribution in [0, 0.1) is 0 Å². The Morgan fingerprint density at radius 3 is 2.79 bits per heavy atom. The molecule has 2 aromatic heterocycles. The highest BCUT2D eigenvalue weighted by atomic mass is 35.5. The molecule has 2 aliphatic heterocycles. The van der Waals surface area contributed by atoms with Gasteiger partial charge in [-0.3, -0.25) is 9.00 Å². The van der Waals surface area contributed by atoms with Crippen molar-refractivity contribution in [3.8, 4) is 5.75 Å². The number of anilines is 1. The lowest BCUT2D eigenvalue weighted by Crippen LogP contribution is -2.38. The Hall–Kier alpha value is -1.80. The van der Waals surface area contributed by atoms with Gasteiger partial charge < -0.3 is 14.8 Å². The Labute approximate surface area is 206 Å². The van der Waals surface area contributed by atoms with E-state index in [4.69, 9.17) is 16.3 Å². The van der Waals surface area contributed by atoms with E-state index in [0.717, 1.165) is 0 Å². The zero-order chi connectivity index (χ0) is 24.1. The first kappa shape index (κ1) is 25.3. The van der Waals surface area contributed by atoms with Crippen LogP contribution in [0.1, 0.15) is 18.9 Å². The summed E-state index contributed by atoms with van der Waals surface area (Å²) in [6, 6.07) is 2.99. The fraction of sp³-hybridized carbons (Fsp3) is 0.550. The maximum Gasteiger partial charge on any atom is 0.387 e. The average Bonchev–Trinajstić information content (AvgIpc) is 2.83. The lowest BCUT2D eigenvalue weighted by molar-refractivity contribution is -0.0501. The molecule has 2 aromatic rings. The van der Waals surface area contributed by atoms with Crippen LogP contribution in [0.5, 0.6) is 5.75 Å². The Bertz CT molecular complexity index is 1050. The molecule has 34 heavy (non-hydrogen) atoms. The van der Waals surface area contributed by atoms with Gasteiger partial charge in [0.25, 0.3) is 5.56 Å². The molecular weight excluding hydrogens is 512 g/mol. The molecule has 1 N–H and O–H groups in total. The van der Waals surface area contributed by atoms with Gasteiger partial charge in [0.15, 0.2) is 0 Å². The number of hydrogen-bond donors (Lipinski definition) is 1. The van der Waals surface area contributed by atoms with Gasteiger partial charge in [-0.25, -0.2) is 14.0 Å². The SMILES string of the molecule is O=c1c(Cl)c(NCC2COCCS2=O)cnn1C1CCN(Sc2ccc(OC(F)F)cn2)CC1. The van der Waals surface area contributed by atoms with Crippen molar-refractivity contribution in [2.45, 2.75) is 35.8 Å². The van der Waals surface area contributed by atoms with Gasteiger partial charge in [-0.2, -0.15) is 13.9 Å². The summed E-state index contributed by atoms with van der Waals surface area (Å²) in [6.45, 7) is -0.223. The number of piperidine rings is 1. The number of alkyl halides is 2. The van der Waals surface area contributed by atoms with Crippen LogP contribution in [0.3, 0.4) is 0 Å². The second-order valence-corrected chi connectivity index (χ2v) is 11.1. The zero-order valence-electron chi connectivity index (χ0n) is 18.1. The maximum absolute atomic E-state index is 12.8. The normalized spacial score (nSPS) is 22.1. The molecule has 4 heterocycles. The molecule has 4 rings (SSSR count). The molecule has 186 valence electrons. The second kappa shape index (κ2) is 11.8.